The Balaban J connectivity index is 2.48. The largest absolute Gasteiger partial charge is 0.477 e. The van der Waals surface area contributed by atoms with E-state index in [4.69, 9.17) is 10.2 Å². The highest BCUT2D eigenvalue weighted by atomic mass is 18.3. The lowest BCUT2D eigenvalue weighted by atomic mass is 10.2. The van der Waals surface area contributed by atoms with Gasteiger partial charge in [-0.15, -0.1) is 0 Å². The standard InChI is InChI=1S/C12H8N2O4/c15-11(16)9-5-1-3-7(13-9)8-4-2-6-10(14-8)12(17)18/h1-6H,(H,15,16)(H,17,18)/i11+1,12+1,15+2,16+2,17+2,18+2. The van der Waals surface area contributed by atoms with E-state index in [0.29, 0.717) is 11.4 Å². The number of carboxylic acids is 2. The van der Waals surface area contributed by atoms with E-state index in [1.54, 1.807) is 12.1 Å². The van der Waals surface area contributed by atoms with Gasteiger partial charge in [0.25, 0.3) is 0 Å². The van der Waals surface area contributed by atoms with Crippen molar-refractivity contribution in [3.63, 3.8) is 0 Å². The molecule has 6 heteroatoms. The maximum absolute atomic E-state index is 10.8. The monoisotopic (exact) mass is 254 g/mol. The predicted molar refractivity (Wildman–Crippen MR) is 61.4 cm³/mol. The van der Waals surface area contributed by atoms with Crippen LogP contribution in [0.1, 0.15) is 21.0 Å². The second-order valence-electron chi connectivity index (χ2n) is 3.43. The van der Waals surface area contributed by atoms with Crippen molar-refractivity contribution >= 4 is 11.9 Å². The predicted octanol–water partition coefficient (Wildman–Crippen LogP) is 1.54. The van der Waals surface area contributed by atoms with Crippen molar-refractivity contribution in [2.24, 2.45) is 0 Å². The molecule has 0 atom stereocenters. The average molecular weight is 254 g/mol. The molecule has 2 N–H and O–H groups in total. The van der Waals surface area contributed by atoms with Crippen molar-refractivity contribution < 1.29 is 19.8 Å². The Kier molecular flexibility index (Phi) is 3.01. The number of nitrogens with zero attached hydrogens (tertiary/aromatic N) is 2. The summed E-state index contributed by atoms with van der Waals surface area (Å²) in [6.07, 6.45) is 0. The lowest BCUT2D eigenvalue weighted by molar-refractivity contribution is 0.0679. The average Bonchev–Trinajstić information content (AvgIpc) is 2.39. The number of hydrogen-bond donors (Lipinski definition) is 2. The van der Waals surface area contributed by atoms with Crippen molar-refractivity contribution in [2.45, 2.75) is 0 Å². The molecule has 0 aliphatic carbocycles. The maximum atomic E-state index is 10.8. The lowest BCUT2D eigenvalue weighted by Gasteiger charge is -2.02. The van der Waals surface area contributed by atoms with E-state index in [2.05, 4.69) is 9.97 Å². The fourth-order valence-electron chi connectivity index (χ4n) is 1.39. The molecule has 0 unspecified atom stereocenters. The fraction of sp³-hybridized carbons (Fsp3) is 0. The molecule has 0 bridgehead atoms. The van der Waals surface area contributed by atoms with E-state index >= 15 is 0 Å². The van der Waals surface area contributed by atoms with Crippen LogP contribution in [0.2, 0.25) is 0 Å². The van der Waals surface area contributed by atoms with E-state index < -0.39 is 11.9 Å². The Morgan fingerprint density at radius 3 is 1.50 bits per heavy atom. The molecule has 2 aromatic heterocycles. The van der Waals surface area contributed by atoms with E-state index in [-0.39, 0.29) is 11.4 Å². The third kappa shape index (κ3) is 2.32. The molecule has 0 saturated carbocycles. The molecule has 0 fully saturated rings. The van der Waals surface area contributed by atoms with Crippen LogP contribution in [0.15, 0.2) is 36.4 Å². The van der Waals surface area contributed by atoms with Crippen molar-refractivity contribution in [1.29, 1.82) is 0 Å². The maximum Gasteiger partial charge on any atom is 0.354 e. The second kappa shape index (κ2) is 4.62. The van der Waals surface area contributed by atoms with Gasteiger partial charge in [-0.2, -0.15) is 0 Å². The van der Waals surface area contributed by atoms with Crippen molar-refractivity contribution in [1.82, 2.24) is 9.97 Å². The minimum atomic E-state index is -1.15. The summed E-state index contributed by atoms with van der Waals surface area (Å²) in [5.41, 5.74) is 0.404. The molecular formula is C12H8N2O4. The molecule has 0 aliphatic heterocycles. The molecule has 2 heterocycles. The molecule has 0 saturated heterocycles. The topological polar surface area (TPSA) is 100 Å². The van der Waals surface area contributed by atoms with Gasteiger partial charge >= 0.3 is 11.9 Å². The second-order valence-corrected chi connectivity index (χ2v) is 3.43. The van der Waals surface area contributed by atoms with Crippen LogP contribution in [0.25, 0.3) is 11.4 Å². The van der Waals surface area contributed by atoms with Crippen LogP contribution < -0.4 is 0 Å². The Labute approximate surface area is 102 Å². The first-order valence-electron chi connectivity index (χ1n) is 4.99. The van der Waals surface area contributed by atoms with Crippen LogP contribution in [0.4, 0.5) is 0 Å². The number of aromatic carboxylic acids is 2. The molecule has 90 valence electrons. The summed E-state index contributed by atoms with van der Waals surface area (Å²) >= 11 is 0. The number of carbonyl (C=O) groups is 2. The van der Waals surface area contributed by atoms with Crippen molar-refractivity contribution in [3.05, 3.63) is 47.8 Å². The summed E-state index contributed by atoms with van der Waals surface area (Å²) in [5.74, 6) is -2.29. The zero-order valence-corrected chi connectivity index (χ0v) is 9.07. The molecular weight excluding hydrogens is 246 g/mol. The summed E-state index contributed by atoms with van der Waals surface area (Å²) in [5, 5.41) is 17.6. The van der Waals surface area contributed by atoms with E-state index in [1.165, 1.54) is 24.3 Å². The molecule has 0 radical (unpaired) electrons. The first-order valence-corrected chi connectivity index (χ1v) is 4.99. The number of hydrogen-bond acceptors (Lipinski definition) is 4. The summed E-state index contributed by atoms with van der Waals surface area (Å²) in [7, 11) is 0. The van der Waals surface area contributed by atoms with Gasteiger partial charge in [0.15, 0.2) is 0 Å². The van der Waals surface area contributed by atoms with E-state index in [1.807, 2.05) is 0 Å². The Hall–Kier alpha value is -2.76. The van der Waals surface area contributed by atoms with Gasteiger partial charge in [0.2, 0.25) is 0 Å². The molecule has 18 heavy (non-hydrogen) atoms. The quantitative estimate of drug-likeness (QED) is 0.636. The third-order valence-electron chi connectivity index (χ3n) is 2.20. The number of carboxylic acid groups (broad SMARTS) is 2. The summed E-state index contributed by atoms with van der Waals surface area (Å²) in [4.78, 5) is 29.3. The third-order valence-corrected chi connectivity index (χ3v) is 2.20. The van der Waals surface area contributed by atoms with Crippen molar-refractivity contribution in [2.75, 3.05) is 0 Å². The SMILES string of the molecule is [18O]=[13C]([18OH])c1cccc(-c2cccc([13C](=[18O])[18OH])n2)n1. The van der Waals surface area contributed by atoms with Gasteiger partial charge in [0, 0.05) is 0 Å². The lowest BCUT2D eigenvalue weighted by Crippen LogP contribution is -2.03. The molecule has 2 rings (SSSR count). The van der Waals surface area contributed by atoms with Gasteiger partial charge in [0.05, 0.1) is 11.4 Å². The van der Waals surface area contributed by atoms with Gasteiger partial charge in [0.1, 0.15) is 11.4 Å². The Bertz CT molecular complexity index is 569. The van der Waals surface area contributed by atoms with Gasteiger partial charge in [-0.1, -0.05) is 12.1 Å². The fourth-order valence-corrected chi connectivity index (χ4v) is 1.39. The van der Waals surface area contributed by atoms with Gasteiger partial charge in [-0.3, -0.25) is 0 Å². The molecule has 0 aromatic carbocycles. The van der Waals surface area contributed by atoms with Crippen LogP contribution in [0, 0.1) is 0 Å². The van der Waals surface area contributed by atoms with Gasteiger partial charge < -0.3 is 10.2 Å². The highest BCUT2D eigenvalue weighted by molar-refractivity contribution is 5.87. The van der Waals surface area contributed by atoms with Gasteiger partial charge in [-0.25, -0.2) is 19.6 Å². The van der Waals surface area contributed by atoms with E-state index in [0.717, 1.165) is 0 Å². The minimum absolute atomic E-state index is 0.116. The zero-order chi connectivity index (χ0) is 13.1. The van der Waals surface area contributed by atoms with Crippen LogP contribution in [0.5, 0.6) is 0 Å². The summed E-state index contributed by atoms with van der Waals surface area (Å²) < 4.78 is 0. The van der Waals surface area contributed by atoms with Crippen LogP contribution >= 0.6 is 0 Å². The van der Waals surface area contributed by atoms with Crippen molar-refractivity contribution in [3.8, 4) is 11.4 Å². The molecule has 0 amide bonds. The first kappa shape index (κ1) is 11.7. The smallest absolute Gasteiger partial charge is 0.354 e. The van der Waals surface area contributed by atoms with Crippen LogP contribution in [-0.2, 0) is 0 Å². The zero-order valence-electron chi connectivity index (χ0n) is 9.07. The highest BCUT2D eigenvalue weighted by Gasteiger charge is 2.10. The first-order chi connectivity index (χ1) is 8.58. The Morgan fingerprint density at radius 2 is 1.17 bits per heavy atom. The number of rotatable bonds is 3. The number of pyridine rings is 2. The van der Waals surface area contributed by atoms with E-state index in [9.17, 15) is 9.59 Å². The summed E-state index contributed by atoms with van der Waals surface area (Å²) in [6, 6.07) is 8.91. The normalized spacial score (nSPS) is 10.0. The molecule has 0 aliphatic rings. The van der Waals surface area contributed by atoms with Crippen LogP contribution in [-0.4, -0.2) is 32.1 Å². The molecule has 6 nitrogen and oxygen atoms in total. The summed E-state index contributed by atoms with van der Waals surface area (Å²) in [6.45, 7) is 0. The molecule has 0 spiro atoms. The van der Waals surface area contributed by atoms with Crippen LogP contribution in [0.3, 0.4) is 0 Å². The van der Waals surface area contributed by atoms with Gasteiger partial charge in [-0.05, 0) is 24.3 Å². The Morgan fingerprint density at radius 1 is 0.778 bits per heavy atom. The highest BCUT2D eigenvalue weighted by Crippen LogP contribution is 2.15. The minimum Gasteiger partial charge on any atom is -0.477 e. The number of aromatic nitrogens is 2. The molecule has 2 aromatic rings.